The fraction of sp³-hybridized carbons (Fsp3) is 0.143. The van der Waals surface area contributed by atoms with Crippen LogP contribution in [0.25, 0.3) is 0 Å². The van der Waals surface area contributed by atoms with Crippen LogP contribution >= 0.6 is 0 Å². The Balaban J connectivity index is 2.13. The Labute approximate surface area is 122 Å². The van der Waals surface area contributed by atoms with Crippen molar-refractivity contribution in [2.45, 2.75) is 11.4 Å². The van der Waals surface area contributed by atoms with Crippen LogP contribution in [0.1, 0.15) is 5.56 Å². The van der Waals surface area contributed by atoms with Crippen LogP contribution in [0.5, 0.6) is 5.75 Å². The van der Waals surface area contributed by atoms with E-state index in [4.69, 9.17) is 10.5 Å². The average molecular weight is 310 g/mol. The van der Waals surface area contributed by atoms with Crippen molar-refractivity contribution >= 4 is 15.7 Å². The number of nitrogen functional groups attached to an aromatic ring is 1. The van der Waals surface area contributed by atoms with E-state index in [9.17, 15) is 12.8 Å². The van der Waals surface area contributed by atoms with Gasteiger partial charge < -0.3 is 10.5 Å². The number of benzene rings is 2. The van der Waals surface area contributed by atoms with Crippen molar-refractivity contribution in [3.63, 3.8) is 0 Å². The number of halogens is 1. The van der Waals surface area contributed by atoms with Crippen molar-refractivity contribution in [3.8, 4) is 5.75 Å². The van der Waals surface area contributed by atoms with E-state index in [2.05, 4.69) is 4.72 Å². The maximum atomic E-state index is 13.7. The summed E-state index contributed by atoms with van der Waals surface area (Å²) in [4.78, 5) is -0.426. The lowest BCUT2D eigenvalue weighted by atomic mass is 10.2. The maximum absolute atomic E-state index is 13.7. The maximum Gasteiger partial charge on any atom is 0.243 e. The third-order valence-corrected chi connectivity index (χ3v) is 4.31. The number of ether oxygens (including phenoxy) is 1. The Morgan fingerprint density at radius 1 is 1.19 bits per heavy atom. The zero-order chi connectivity index (χ0) is 15.5. The van der Waals surface area contributed by atoms with Gasteiger partial charge in [-0.1, -0.05) is 12.1 Å². The van der Waals surface area contributed by atoms with Crippen molar-refractivity contribution in [1.82, 2.24) is 4.72 Å². The number of rotatable bonds is 5. The molecule has 0 aliphatic rings. The average Bonchev–Trinajstić information content (AvgIpc) is 2.45. The van der Waals surface area contributed by atoms with Gasteiger partial charge in [-0.25, -0.2) is 17.5 Å². The number of nitrogens with one attached hydrogen (secondary N) is 1. The summed E-state index contributed by atoms with van der Waals surface area (Å²) in [6.07, 6.45) is 0. The van der Waals surface area contributed by atoms with E-state index in [0.29, 0.717) is 5.75 Å². The molecule has 2 aromatic carbocycles. The molecule has 0 aliphatic carbocycles. The molecule has 0 unspecified atom stereocenters. The predicted octanol–water partition coefficient (Wildman–Crippen LogP) is 1.90. The standard InChI is InChI=1S/C14H15FN2O3S/c1-20-12-5-2-10(3-6-12)9-17-21(18,19)14-7-4-11(16)8-13(14)15/h2-8,17H,9,16H2,1H3. The number of methoxy groups -OCH3 is 1. The highest BCUT2D eigenvalue weighted by Gasteiger charge is 2.18. The van der Waals surface area contributed by atoms with E-state index in [1.807, 2.05) is 0 Å². The normalized spacial score (nSPS) is 11.3. The molecule has 7 heteroatoms. The van der Waals surface area contributed by atoms with Gasteiger partial charge in [0.1, 0.15) is 16.5 Å². The predicted molar refractivity (Wildman–Crippen MR) is 77.8 cm³/mol. The van der Waals surface area contributed by atoms with E-state index >= 15 is 0 Å². The van der Waals surface area contributed by atoms with Gasteiger partial charge in [0, 0.05) is 12.2 Å². The van der Waals surface area contributed by atoms with Gasteiger partial charge in [-0.2, -0.15) is 0 Å². The molecule has 0 fully saturated rings. The van der Waals surface area contributed by atoms with E-state index in [-0.39, 0.29) is 12.2 Å². The van der Waals surface area contributed by atoms with Crippen LogP contribution in [0, 0.1) is 5.82 Å². The van der Waals surface area contributed by atoms with Gasteiger partial charge in [0.25, 0.3) is 0 Å². The minimum Gasteiger partial charge on any atom is -0.497 e. The Morgan fingerprint density at radius 2 is 1.86 bits per heavy atom. The van der Waals surface area contributed by atoms with E-state index < -0.39 is 20.7 Å². The molecule has 0 spiro atoms. The topological polar surface area (TPSA) is 81.4 Å². The van der Waals surface area contributed by atoms with Crippen molar-refractivity contribution in [2.24, 2.45) is 0 Å². The molecule has 0 heterocycles. The molecule has 0 saturated heterocycles. The molecule has 0 aromatic heterocycles. The number of sulfonamides is 1. The molecule has 2 aromatic rings. The second-order valence-corrected chi connectivity index (χ2v) is 6.10. The SMILES string of the molecule is COc1ccc(CNS(=O)(=O)c2ccc(N)cc2F)cc1. The Kier molecular flexibility index (Phi) is 4.44. The minimum atomic E-state index is -3.93. The van der Waals surface area contributed by atoms with Gasteiger partial charge in [-0.05, 0) is 35.9 Å². The van der Waals surface area contributed by atoms with Crippen LogP contribution in [-0.4, -0.2) is 15.5 Å². The lowest BCUT2D eigenvalue weighted by molar-refractivity contribution is 0.414. The van der Waals surface area contributed by atoms with Gasteiger partial charge in [-0.3, -0.25) is 0 Å². The van der Waals surface area contributed by atoms with Crippen LogP contribution in [0.2, 0.25) is 0 Å². The zero-order valence-corrected chi connectivity index (χ0v) is 12.2. The summed E-state index contributed by atoms with van der Waals surface area (Å²) in [5, 5.41) is 0. The summed E-state index contributed by atoms with van der Waals surface area (Å²) in [5.74, 6) is -0.205. The first-order chi connectivity index (χ1) is 9.92. The van der Waals surface area contributed by atoms with Gasteiger partial charge in [0.15, 0.2) is 0 Å². The molecule has 2 rings (SSSR count). The third kappa shape index (κ3) is 3.71. The van der Waals surface area contributed by atoms with Gasteiger partial charge >= 0.3 is 0 Å². The summed E-state index contributed by atoms with van der Waals surface area (Å²) < 4.78 is 45.1. The molecule has 0 saturated carbocycles. The first kappa shape index (κ1) is 15.3. The summed E-state index contributed by atoms with van der Waals surface area (Å²) in [7, 11) is -2.39. The second kappa shape index (κ2) is 6.11. The first-order valence-corrected chi connectivity index (χ1v) is 7.58. The first-order valence-electron chi connectivity index (χ1n) is 6.10. The van der Waals surface area contributed by atoms with Crippen LogP contribution in [0.15, 0.2) is 47.4 Å². The third-order valence-electron chi connectivity index (χ3n) is 2.87. The van der Waals surface area contributed by atoms with Crippen molar-refractivity contribution < 1.29 is 17.5 Å². The van der Waals surface area contributed by atoms with E-state index in [0.717, 1.165) is 17.7 Å². The molecule has 0 amide bonds. The minimum absolute atomic E-state index is 0.0517. The largest absolute Gasteiger partial charge is 0.497 e. The highest BCUT2D eigenvalue weighted by molar-refractivity contribution is 7.89. The molecule has 3 N–H and O–H groups in total. The fourth-order valence-electron chi connectivity index (χ4n) is 1.73. The summed E-state index contributed by atoms with van der Waals surface area (Å²) in [5.41, 5.74) is 6.30. The second-order valence-electron chi connectivity index (χ2n) is 4.36. The number of hydrogen-bond donors (Lipinski definition) is 2. The van der Waals surface area contributed by atoms with Crippen LogP contribution < -0.4 is 15.2 Å². The van der Waals surface area contributed by atoms with Crippen LogP contribution in [-0.2, 0) is 16.6 Å². The number of nitrogens with two attached hydrogens (primary N) is 1. The molecule has 0 bridgehead atoms. The van der Waals surface area contributed by atoms with Crippen LogP contribution in [0.4, 0.5) is 10.1 Å². The van der Waals surface area contributed by atoms with Gasteiger partial charge in [0.2, 0.25) is 10.0 Å². The van der Waals surface area contributed by atoms with E-state index in [1.165, 1.54) is 6.07 Å². The lowest BCUT2D eigenvalue weighted by Gasteiger charge is -2.08. The summed E-state index contributed by atoms with van der Waals surface area (Å²) >= 11 is 0. The van der Waals surface area contributed by atoms with Gasteiger partial charge in [0.05, 0.1) is 7.11 Å². The number of hydrogen-bond acceptors (Lipinski definition) is 4. The Bertz CT molecular complexity index is 730. The molecule has 21 heavy (non-hydrogen) atoms. The van der Waals surface area contributed by atoms with Crippen LogP contribution in [0.3, 0.4) is 0 Å². The molecule has 5 nitrogen and oxygen atoms in total. The molecular formula is C14H15FN2O3S. The van der Waals surface area contributed by atoms with Crippen molar-refractivity contribution in [3.05, 3.63) is 53.8 Å². The quantitative estimate of drug-likeness (QED) is 0.826. The van der Waals surface area contributed by atoms with E-state index in [1.54, 1.807) is 31.4 Å². The van der Waals surface area contributed by atoms with Gasteiger partial charge in [-0.15, -0.1) is 0 Å². The molecule has 0 atom stereocenters. The molecule has 0 aliphatic heterocycles. The highest BCUT2D eigenvalue weighted by atomic mass is 32.2. The zero-order valence-electron chi connectivity index (χ0n) is 11.3. The summed E-state index contributed by atoms with van der Waals surface area (Å²) in [6.45, 7) is 0.0517. The monoisotopic (exact) mass is 310 g/mol. The lowest BCUT2D eigenvalue weighted by Crippen LogP contribution is -2.24. The smallest absolute Gasteiger partial charge is 0.243 e. The Hall–Kier alpha value is -2.12. The summed E-state index contributed by atoms with van der Waals surface area (Å²) in [6, 6.07) is 10.3. The number of anilines is 1. The molecular weight excluding hydrogens is 295 g/mol. The van der Waals surface area contributed by atoms with Crippen molar-refractivity contribution in [2.75, 3.05) is 12.8 Å². The highest BCUT2D eigenvalue weighted by Crippen LogP contribution is 2.18. The molecule has 112 valence electrons. The van der Waals surface area contributed by atoms with Crippen molar-refractivity contribution in [1.29, 1.82) is 0 Å². The Morgan fingerprint density at radius 3 is 2.43 bits per heavy atom. The fourth-order valence-corrected chi connectivity index (χ4v) is 2.81. The molecule has 0 radical (unpaired) electrons.